The summed E-state index contributed by atoms with van der Waals surface area (Å²) in [6.07, 6.45) is 5.53. The molecule has 2 aromatic heterocycles. The third-order valence-electron chi connectivity index (χ3n) is 5.50. The molecule has 4 amide bonds. The summed E-state index contributed by atoms with van der Waals surface area (Å²) in [7, 11) is 1.56. The fourth-order valence-electron chi connectivity index (χ4n) is 3.91. The van der Waals surface area contributed by atoms with E-state index in [1.165, 1.54) is 0 Å². The number of benzene rings is 1. The van der Waals surface area contributed by atoms with Crippen LogP contribution in [0.5, 0.6) is 0 Å². The van der Waals surface area contributed by atoms with E-state index >= 15 is 0 Å². The van der Waals surface area contributed by atoms with E-state index in [9.17, 15) is 9.59 Å². The number of pyridine rings is 1. The summed E-state index contributed by atoms with van der Waals surface area (Å²) in [5.74, 6) is 0. The number of ether oxygens (including phenoxy) is 1. The Morgan fingerprint density at radius 2 is 1.91 bits per heavy atom. The Hall–Kier alpha value is -3.59. The molecule has 0 unspecified atom stereocenters. The van der Waals surface area contributed by atoms with Crippen LogP contribution < -0.4 is 16.0 Å². The van der Waals surface area contributed by atoms with Gasteiger partial charge in [-0.15, -0.1) is 0 Å². The summed E-state index contributed by atoms with van der Waals surface area (Å²) in [6, 6.07) is 7.20. The summed E-state index contributed by atoms with van der Waals surface area (Å²) >= 11 is 0. The lowest BCUT2D eigenvalue weighted by Gasteiger charge is -2.41. The largest absolute Gasteiger partial charge is 0.369 e. The van der Waals surface area contributed by atoms with Crippen molar-refractivity contribution in [1.82, 2.24) is 19.6 Å². The fourth-order valence-corrected chi connectivity index (χ4v) is 3.91. The van der Waals surface area contributed by atoms with Crippen LogP contribution in [0.2, 0.25) is 0 Å². The quantitative estimate of drug-likeness (QED) is 0.557. The Labute approximate surface area is 193 Å². The number of anilines is 2. The molecule has 33 heavy (non-hydrogen) atoms. The van der Waals surface area contributed by atoms with E-state index in [1.807, 2.05) is 68.8 Å². The molecule has 0 aliphatic carbocycles. The zero-order valence-corrected chi connectivity index (χ0v) is 19.6. The van der Waals surface area contributed by atoms with Gasteiger partial charge in [-0.1, -0.05) is 12.1 Å². The van der Waals surface area contributed by atoms with E-state index in [2.05, 4.69) is 20.9 Å². The highest BCUT2D eigenvalue weighted by atomic mass is 16.5. The molecule has 0 spiro atoms. The number of nitrogens with zero attached hydrogens (tertiary/aromatic N) is 3. The second-order valence-corrected chi connectivity index (χ2v) is 9.17. The molecule has 1 aliphatic rings. The van der Waals surface area contributed by atoms with Gasteiger partial charge < -0.3 is 30.0 Å². The number of rotatable bonds is 4. The van der Waals surface area contributed by atoms with Crippen LogP contribution in [0.3, 0.4) is 0 Å². The van der Waals surface area contributed by atoms with E-state index in [1.54, 1.807) is 18.1 Å². The minimum absolute atomic E-state index is 0.0660. The number of likely N-dealkylation sites (tertiary alicyclic amines) is 1. The predicted molar refractivity (Wildman–Crippen MR) is 129 cm³/mol. The number of nitrogens with one attached hydrogen (secondary N) is 3. The van der Waals surface area contributed by atoms with E-state index in [-0.39, 0.29) is 23.8 Å². The van der Waals surface area contributed by atoms with Crippen LogP contribution in [0.15, 0.2) is 42.9 Å². The smallest absolute Gasteiger partial charge is 0.322 e. The van der Waals surface area contributed by atoms with Crippen LogP contribution in [-0.2, 0) is 4.74 Å². The molecule has 0 saturated carbocycles. The zero-order chi connectivity index (χ0) is 23.8. The first-order valence-corrected chi connectivity index (χ1v) is 10.9. The summed E-state index contributed by atoms with van der Waals surface area (Å²) in [4.78, 5) is 30.7. The molecule has 1 aromatic carbocycles. The van der Waals surface area contributed by atoms with Crippen molar-refractivity contribution in [2.24, 2.45) is 0 Å². The molecule has 3 heterocycles. The lowest BCUT2D eigenvalue weighted by atomic mass is 10.00. The molecule has 3 N–H and O–H groups in total. The highest BCUT2D eigenvalue weighted by Crippen LogP contribution is 2.32. The third-order valence-corrected chi connectivity index (χ3v) is 5.50. The van der Waals surface area contributed by atoms with Gasteiger partial charge in [0.2, 0.25) is 0 Å². The molecule has 9 heteroatoms. The molecule has 1 aliphatic heterocycles. The van der Waals surface area contributed by atoms with Crippen molar-refractivity contribution in [2.45, 2.75) is 39.4 Å². The molecule has 3 aromatic rings. The Morgan fingerprint density at radius 3 is 2.61 bits per heavy atom. The van der Waals surface area contributed by atoms with Gasteiger partial charge in [0, 0.05) is 36.9 Å². The number of hydrogen-bond acceptors (Lipinski definition) is 4. The maximum Gasteiger partial charge on any atom is 0.322 e. The fraction of sp³-hybridized carbons (Fsp3) is 0.375. The second kappa shape index (κ2) is 8.74. The maximum atomic E-state index is 12.7. The van der Waals surface area contributed by atoms with Crippen molar-refractivity contribution in [1.29, 1.82) is 0 Å². The summed E-state index contributed by atoms with van der Waals surface area (Å²) in [5.41, 5.74) is 4.53. The lowest BCUT2D eigenvalue weighted by Crippen LogP contribution is -2.57. The summed E-state index contributed by atoms with van der Waals surface area (Å²) in [6.45, 7) is 9.17. The average Bonchev–Trinajstić information content (AvgIpc) is 3.20. The first kappa shape index (κ1) is 22.6. The SMILES string of the molecule is CNC(=O)Nc1cc(-c2cccc(NC(=O)N3CC(OC(C)(C)C)C3)c2C)cn2ccnc12. The number of aromatic nitrogens is 2. The van der Waals surface area contributed by atoms with Crippen molar-refractivity contribution in [3.05, 3.63) is 48.4 Å². The molecule has 0 bridgehead atoms. The number of hydrogen-bond donors (Lipinski definition) is 3. The molecule has 1 saturated heterocycles. The van der Waals surface area contributed by atoms with Crippen LogP contribution in [0.4, 0.5) is 21.0 Å². The molecular weight excluding hydrogens is 420 g/mol. The van der Waals surface area contributed by atoms with E-state index < -0.39 is 0 Å². The van der Waals surface area contributed by atoms with E-state index in [4.69, 9.17) is 4.74 Å². The highest BCUT2D eigenvalue weighted by Gasteiger charge is 2.34. The van der Waals surface area contributed by atoms with Gasteiger partial charge in [-0.3, -0.25) is 0 Å². The number of amides is 4. The van der Waals surface area contributed by atoms with Crippen molar-refractivity contribution in [2.75, 3.05) is 30.8 Å². The normalized spacial score (nSPS) is 14.2. The van der Waals surface area contributed by atoms with E-state index in [0.717, 1.165) is 22.4 Å². The minimum Gasteiger partial charge on any atom is -0.369 e. The first-order valence-electron chi connectivity index (χ1n) is 10.9. The molecule has 4 rings (SSSR count). The zero-order valence-electron chi connectivity index (χ0n) is 19.6. The number of imidazole rings is 1. The second-order valence-electron chi connectivity index (χ2n) is 9.17. The first-order chi connectivity index (χ1) is 15.6. The third kappa shape index (κ3) is 4.93. The Morgan fingerprint density at radius 1 is 1.15 bits per heavy atom. The Balaban J connectivity index is 1.55. The number of fused-ring (bicyclic) bond motifs is 1. The van der Waals surface area contributed by atoms with Gasteiger partial charge in [0.05, 0.1) is 30.5 Å². The standard InChI is InChI=1S/C24H30N6O3/c1-15-18(16-11-20(27-22(31)25-5)21-26-9-10-29(21)12-16)7-6-8-19(15)28-23(32)30-13-17(14-30)33-24(2,3)4/h6-12,17H,13-14H2,1-5H3,(H,28,32)(H2,25,27,31). The van der Waals surface area contributed by atoms with Gasteiger partial charge in [-0.2, -0.15) is 0 Å². The van der Waals surface area contributed by atoms with Gasteiger partial charge in [0.25, 0.3) is 0 Å². The predicted octanol–water partition coefficient (Wildman–Crippen LogP) is 4.09. The number of carbonyl (C=O) groups excluding carboxylic acids is 2. The summed E-state index contributed by atoms with van der Waals surface area (Å²) < 4.78 is 7.78. The number of carbonyl (C=O) groups is 2. The van der Waals surface area contributed by atoms with Gasteiger partial charge >= 0.3 is 12.1 Å². The maximum absolute atomic E-state index is 12.7. The van der Waals surface area contributed by atoms with Crippen molar-refractivity contribution < 1.29 is 14.3 Å². The van der Waals surface area contributed by atoms with E-state index in [0.29, 0.717) is 24.4 Å². The molecule has 174 valence electrons. The monoisotopic (exact) mass is 450 g/mol. The number of urea groups is 2. The van der Waals surface area contributed by atoms with Crippen LogP contribution >= 0.6 is 0 Å². The average molecular weight is 451 g/mol. The highest BCUT2D eigenvalue weighted by molar-refractivity contribution is 5.95. The molecule has 0 radical (unpaired) electrons. The van der Waals surface area contributed by atoms with Crippen molar-refractivity contribution in [3.8, 4) is 11.1 Å². The molecule has 1 fully saturated rings. The van der Waals surface area contributed by atoms with Crippen LogP contribution in [0, 0.1) is 6.92 Å². The lowest BCUT2D eigenvalue weighted by molar-refractivity contribution is -0.110. The van der Waals surface area contributed by atoms with Gasteiger partial charge in [0.1, 0.15) is 0 Å². The van der Waals surface area contributed by atoms with Gasteiger partial charge in [0.15, 0.2) is 5.65 Å². The molecule has 9 nitrogen and oxygen atoms in total. The van der Waals surface area contributed by atoms with Crippen LogP contribution in [0.1, 0.15) is 26.3 Å². The Kier molecular flexibility index (Phi) is 5.99. The van der Waals surface area contributed by atoms with Crippen molar-refractivity contribution in [3.63, 3.8) is 0 Å². The summed E-state index contributed by atoms with van der Waals surface area (Å²) in [5, 5.41) is 8.41. The van der Waals surface area contributed by atoms with Gasteiger partial charge in [-0.05, 0) is 51.0 Å². The van der Waals surface area contributed by atoms with Gasteiger partial charge in [-0.25, -0.2) is 14.6 Å². The minimum atomic E-state index is -0.321. The Bertz CT molecular complexity index is 1190. The van der Waals surface area contributed by atoms with Crippen LogP contribution in [-0.4, -0.2) is 58.2 Å². The molecule has 0 atom stereocenters. The molecular formula is C24H30N6O3. The van der Waals surface area contributed by atoms with Crippen molar-refractivity contribution >= 4 is 29.1 Å². The topological polar surface area (TPSA) is 100 Å². The van der Waals surface area contributed by atoms with Crippen LogP contribution in [0.25, 0.3) is 16.8 Å².